The molecule has 0 aromatic rings. The van der Waals surface area contributed by atoms with E-state index in [1.165, 1.54) is 29.6 Å². The highest BCUT2D eigenvalue weighted by atomic mass is 16.5. The van der Waals surface area contributed by atoms with E-state index in [0.717, 1.165) is 0 Å². The van der Waals surface area contributed by atoms with Crippen LogP contribution in [0, 0.1) is 17.8 Å². The summed E-state index contributed by atoms with van der Waals surface area (Å²) >= 11 is 0. The van der Waals surface area contributed by atoms with E-state index in [1.54, 1.807) is 6.08 Å². The first-order valence-electron chi connectivity index (χ1n) is 6.89. The van der Waals surface area contributed by atoms with Gasteiger partial charge < -0.3 is 4.74 Å². The summed E-state index contributed by atoms with van der Waals surface area (Å²) in [7, 11) is 0. The molecule has 2 fully saturated rings. The molecule has 4 aliphatic rings. The topological polar surface area (TPSA) is 26.3 Å². The van der Waals surface area contributed by atoms with Crippen molar-refractivity contribution >= 4 is 5.78 Å². The van der Waals surface area contributed by atoms with Gasteiger partial charge in [-0.2, -0.15) is 0 Å². The summed E-state index contributed by atoms with van der Waals surface area (Å²) in [6.07, 6.45) is 8.52. The van der Waals surface area contributed by atoms with Gasteiger partial charge in [-0.05, 0) is 61.5 Å². The van der Waals surface area contributed by atoms with Gasteiger partial charge in [0, 0.05) is 5.92 Å². The van der Waals surface area contributed by atoms with Crippen molar-refractivity contribution in [1.82, 2.24) is 0 Å². The number of rotatable bonds is 1. The van der Waals surface area contributed by atoms with Crippen molar-refractivity contribution < 1.29 is 9.53 Å². The average molecular weight is 242 g/mol. The van der Waals surface area contributed by atoms with Gasteiger partial charge in [-0.25, -0.2) is 0 Å². The van der Waals surface area contributed by atoms with Crippen LogP contribution in [0.1, 0.15) is 26.7 Å². The quantitative estimate of drug-likeness (QED) is 0.706. The highest BCUT2D eigenvalue weighted by Crippen LogP contribution is 2.53. The van der Waals surface area contributed by atoms with Gasteiger partial charge in [-0.1, -0.05) is 6.08 Å². The smallest absolute Gasteiger partial charge is 0.163 e. The van der Waals surface area contributed by atoms with Crippen LogP contribution in [-0.4, -0.2) is 18.0 Å². The van der Waals surface area contributed by atoms with Gasteiger partial charge >= 0.3 is 0 Å². The standard InChI is InChI=1S/C16H18O2/c1-9-11(10-3-4-10)7-12-14(17)5-6-16(2)15(12)13(9)8-18-16/h5-7,10,12,15H,3-4,8H2,1-2H3/t12-,15+,16+/m1/s1. The van der Waals surface area contributed by atoms with Gasteiger partial charge in [0.05, 0.1) is 18.1 Å². The Morgan fingerprint density at radius 1 is 1.39 bits per heavy atom. The van der Waals surface area contributed by atoms with Crippen LogP contribution >= 0.6 is 0 Å². The Morgan fingerprint density at radius 3 is 2.89 bits per heavy atom. The maximum absolute atomic E-state index is 12.2. The Labute approximate surface area is 107 Å². The molecule has 94 valence electrons. The normalized spacial score (nSPS) is 42.1. The molecule has 1 aliphatic heterocycles. The second-order valence-corrected chi connectivity index (χ2v) is 6.26. The van der Waals surface area contributed by atoms with Crippen molar-refractivity contribution in [3.63, 3.8) is 0 Å². The Bertz CT molecular complexity index is 533. The van der Waals surface area contributed by atoms with Gasteiger partial charge in [-0.3, -0.25) is 4.79 Å². The Kier molecular flexibility index (Phi) is 1.93. The predicted octanol–water partition coefficient (Wildman–Crippen LogP) is 2.81. The van der Waals surface area contributed by atoms with E-state index in [-0.39, 0.29) is 23.2 Å². The molecule has 0 bridgehead atoms. The number of carbonyl (C=O) groups is 1. The molecule has 1 heterocycles. The van der Waals surface area contributed by atoms with E-state index in [9.17, 15) is 4.79 Å². The van der Waals surface area contributed by atoms with Gasteiger partial charge in [0.2, 0.25) is 0 Å². The third-order valence-electron chi connectivity index (χ3n) is 5.09. The molecule has 0 aromatic heterocycles. The van der Waals surface area contributed by atoms with Gasteiger partial charge in [0.1, 0.15) is 0 Å². The van der Waals surface area contributed by atoms with Crippen LogP contribution in [0.3, 0.4) is 0 Å². The molecule has 0 aromatic carbocycles. The molecule has 18 heavy (non-hydrogen) atoms. The highest BCUT2D eigenvalue weighted by molar-refractivity contribution is 5.95. The van der Waals surface area contributed by atoms with Crippen LogP contribution in [0.25, 0.3) is 0 Å². The molecule has 1 saturated heterocycles. The van der Waals surface area contributed by atoms with Crippen molar-refractivity contribution in [2.45, 2.75) is 32.3 Å². The largest absolute Gasteiger partial charge is 0.366 e. The van der Waals surface area contributed by atoms with E-state index in [2.05, 4.69) is 19.9 Å². The summed E-state index contributed by atoms with van der Waals surface area (Å²) in [4.78, 5) is 12.2. The van der Waals surface area contributed by atoms with Crippen molar-refractivity contribution in [3.05, 3.63) is 34.9 Å². The van der Waals surface area contributed by atoms with E-state index >= 15 is 0 Å². The fourth-order valence-electron chi connectivity index (χ4n) is 3.87. The average Bonchev–Trinajstić information content (AvgIpc) is 3.12. The lowest BCUT2D eigenvalue weighted by Crippen LogP contribution is -2.42. The first-order valence-corrected chi connectivity index (χ1v) is 6.89. The third kappa shape index (κ3) is 1.24. The van der Waals surface area contributed by atoms with Gasteiger partial charge in [-0.15, -0.1) is 0 Å². The molecule has 0 amide bonds. The van der Waals surface area contributed by atoms with Crippen LogP contribution < -0.4 is 0 Å². The fourth-order valence-corrected chi connectivity index (χ4v) is 3.87. The van der Waals surface area contributed by atoms with Crippen LogP contribution in [-0.2, 0) is 9.53 Å². The summed E-state index contributed by atoms with van der Waals surface area (Å²) in [6.45, 7) is 5.03. The number of ether oxygens (including phenoxy) is 1. The summed E-state index contributed by atoms with van der Waals surface area (Å²) < 4.78 is 6.00. The lowest BCUT2D eigenvalue weighted by Gasteiger charge is -2.38. The van der Waals surface area contributed by atoms with E-state index in [0.29, 0.717) is 12.5 Å². The number of hydrogen-bond donors (Lipinski definition) is 0. The SMILES string of the molecule is CC1=C2CO[C@@]3(C)C=CC(=O)[C@@H](C=C1C1CC1)[C@@H]23. The van der Waals surface area contributed by atoms with E-state index in [4.69, 9.17) is 4.74 Å². The zero-order valence-corrected chi connectivity index (χ0v) is 10.9. The number of ketones is 1. The zero-order chi connectivity index (χ0) is 12.5. The molecule has 0 unspecified atom stereocenters. The molecule has 4 rings (SSSR count). The third-order valence-corrected chi connectivity index (χ3v) is 5.09. The van der Waals surface area contributed by atoms with Crippen LogP contribution in [0.4, 0.5) is 0 Å². The molecule has 2 heteroatoms. The second-order valence-electron chi connectivity index (χ2n) is 6.26. The molecule has 3 aliphatic carbocycles. The van der Waals surface area contributed by atoms with Gasteiger partial charge in [0.25, 0.3) is 0 Å². The van der Waals surface area contributed by atoms with Crippen LogP contribution in [0.2, 0.25) is 0 Å². The predicted molar refractivity (Wildman–Crippen MR) is 69.0 cm³/mol. The van der Waals surface area contributed by atoms with Gasteiger partial charge in [0.15, 0.2) is 5.78 Å². The number of allylic oxidation sites excluding steroid dienone is 4. The molecule has 0 spiro atoms. The highest BCUT2D eigenvalue weighted by Gasteiger charge is 2.52. The first-order chi connectivity index (χ1) is 8.60. The van der Waals surface area contributed by atoms with Crippen molar-refractivity contribution in [1.29, 1.82) is 0 Å². The molecule has 3 atom stereocenters. The number of hydrogen-bond acceptors (Lipinski definition) is 2. The maximum Gasteiger partial charge on any atom is 0.163 e. The first kappa shape index (κ1) is 10.7. The Hall–Kier alpha value is -1.15. The lowest BCUT2D eigenvalue weighted by molar-refractivity contribution is -0.120. The summed E-state index contributed by atoms with van der Waals surface area (Å²) in [6, 6.07) is 0. The molecule has 2 nitrogen and oxygen atoms in total. The molecule has 0 N–H and O–H groups in total. The minimum Gasteiger partial charge on any atom is -0.366 e. The lowest BCUT2D eigenvalue weighted by atomic mass is 9.66. The summed E-state index contributed by atoms with van der Waals surface area (Å²) in [5, 5.41) is 0. The van der Waals surface area contributed by atoms with Crippen LogP contribution in [0.15, 0.2) is 34.9 Å². The minimum absolute atomic E-state index is 0.0248. The number of carbonyl (C=O) groups excluding carboxylic acids is 1. The fraction of sp³-hybridized carbons (Fsp3) is 0.562. The molecular weight excluding hydrogens is 224 g/mol. The minimum atomic E-state index is -0.263. The van der Waals surface area contributed by atoms with E-state index < -0.39 is 0 Å². The zero-order valence-electron chi connectivity index (χ0n) is 10.9. The maximum atomic E-state index is 12.2. The van der Waals surface area contributed by atoms with Crippen molar-refractivity contribution in [3.8, 4) is 0 Å². The summed E-state index contributed by atoms with van der Waals surface area (Å²) in [5.41, 5.74) is 3.96. The van der Waals surface area contributed by atoms with Crippen molar-refractivity contribution in [2.24, 2.45) is 17.8 Å². The Morgan fingerprint density at radius 2 is 2.17 bits per heavy atom. The molecule has 1 saturated carbocycles. The summed E-state index contributed by atoms with van der Waals surface area (Å²) in [5.74, 6) is 1.24. The monoisotopic (exact) mass is 242 g/mol. The molecular formula is C16H18O2. The Balaban J connectivity index is 1.89. The van der Waals surface area contributed by atoms with Crippen molar-refractivity contribution in [2.75, 3.05) is 6.61 Å². The van der Waals surface area contributed by atoms with E-state index in [1.807, 2.05) is 6.08 Å². The van der Waals surface area contributed by atoms with Crippen LogP contribution in [0.5, 0.6) is 0 Å². The molecule has 0 radical (unpaired) electrons. The second kappa shape index (κ2) is 3.24.